The molecule has 1 aromatic heterocycles. The summed E-state index contributed by atoms with van der Waals surface area (Å²) in [6, 6.07) is 12.1. The molecule has 1 N–H and O–H groups in total. The molecule has 1 fully saturated rings. The van der Waals surface area contributed by atoms with Crippen molar-refractivity contribution in [3.63, 3.8) is 0 Å². The maximum Gasteiger partial charge on any atom is 0.289 e. The van der Waals surface area contributed by atoms with Gasteiger partial charge in [0.25, 0.3) is 5.91 Å². The molecule has 28 heavy (non-hydrogen) atoms. The fourth-order valence-electron chi connectivity index (χ4n) is 3.33. The van der Waals surface area contributed by atoms with Crippen LogP contribution in [0.4, 0.5) is 0 Å². The van der Waals surface area contributed by atoms with Gasteiger partial charge in [-0.3, -0.25) is 9.79 Å². The molecule has 6 heteroatoms. The number of aryl methyl sites for hydroxylation is 1. The minimum atomic E-state index is -0.0421. The van der Waals surface area contributed by atoms with Crippen LogP contribution in [-0.2, 0) is 0 Å². The number of rotatable bonds is 5. The largest absolute Gasteiger partial charge is 0.459 e. The van der Waals surface area contributed by atoms with Crippen LogP contribution in [0.2, 0.25) is 0 Å². The molecule has 1 aliphatic heterocycles. The fraction of sp³-hybridized carbons (Fsp3) is 0.455. The molecule has 2 aromatic rings. The van der Waals surface area contributed by atoms with Gasteiger partial charge in [0.05, 0.1) is 6.26 Å². The summed E-state index contributed by atoms with van der Waals surface area (Å²) in [5, 5.41) is 3.39. The van der Waals surface area contributed by atoms with Crippen LogP contribution >= 0.6 is 0 Å². The molecular weight excluding hydrogens is 352 g/mol. The molecule has 0 bridgehead atoms. The third kappa shape index (κ3) is 4.94. The van der Waals surface area contributed by atoms with Crippen molar-refractivity contribution < 1.29 is 9.21 Å². The third-order valence-electron chi connectivity index (χ3n) is 5.09. The lowest BCUT2D eigenvalue weighted by Gasteiger charge is -2.36. The summed E-state index contributed by atoms with van der Waals surface area (Å²) in [5.74, 6) is 1.64. The topological polar surface area (TPSA) is 61.1 Å². The molecule has 1 aromatic carbocycles. The molecule has 1 saturated heterocycles. The van der Waals surface area contributed by atoms with Crippen molar-refractivity contribution in [3.8, 4) is 0 Å². The number of hydrogen-bond donors (Lipinski definition) is 1. The highest BCUT2D eigenvalue weighted by Gasteiger charge is 2.25. The van der Waals surface area contributed by atoms with Crippen LogP contribution < -0.4 is 5.32 Å². The number of aliphatic imine (C=N–C) groups is 1. The van der Waals surface area contributed by atoms with E-state index in [-0.39, 0.29) is 5.91 Å². The predicted octanol–water partition coefficient (Wildman–Crippen LogP) is 3.12. The van der Waals surface area contributed by atoms with E-state index in [2.05, 4.69) is 55.3 Å². The number of carbonyl (C=O) groups is 1. The van der Waals surface area contributed by atoms with Gasteiger partial charge in [0.15, 0.2) is 11.7 Å². The highest BCUT2D eigenvalue weighted by atomic mass is 16.3. The Bertz CT molecular complexity index is 775. The van der Waals surface area contributed by atoms with Crippen LogP contribution in [0.25, 0.3) is 0 Å². The Morgan fingerprint density at radius 3 is 2.43 bits per heavy atom. The maximum atomic E-state index is 12.4. The lowest BCUT2D eigenvalue weighted by Crippen LogP contribution is -2.53. The van der Waals surface area contributed by atoms with Gasteiger partial charge in [0.2, 0.25) is 0 Å². The van der Waals surface area contributed by atoms with E-state index < -0.39 is 0 Å². The Morgan fingerprint density at radius 2 is 1.82 bits per heavy atom. The molecule has 0 spiro atoms. The normalized spacial score (nSPS) is 16.2. The van der Waals surface area contributed by atoms with Gasteiger partial charge in [0, 0.05) is 45.2 Å². The minimum absolute atomic E-state index is 0.0421. The van der Waals surface area contributed by atoms with E-state index in [0.717, 1.165) is 32.1 Å². The van der Waals surface area contributed by atoms with E-state index in [1.165, 1.54) is 17.4 Å². The summed E-state index contributed by atoms with van der Waals surface area (Å²) in [7, 11) is 0. The fourth-order valence-corrected chi connectivity index (χ4v) is 3.33. The van der Waals surface area contributed by atoms with E-state index in [1.54, 1.807) is 12.1 Å². The van der Waals surface area contributed by atoms with Crippen LogP contribution in [0, 0.1) is 6.92 Å². The number of furan rings is 1. The Labute approximate surface area is 167 Å². The Kier molecular flexibility index (Phi) is 6.74. The standard InChI is InChI=1S/C22H30N4O2/c1-4-23-22(24-16-18(3)19-9-7-17(2)8-10-19)26-13-11-25(12-14-26)21(27)20-6-5-15-28-20/h5-10,15,18H,4,11-14,16H2,1-3H3,(H,23,24). The highest BCUT2D eigenvalue weighted by Crippen LogP contribution is 2.16. The number of nitrogens with zero attached hydrogens (tertiary/aromatic N) is 3. The zero-order valence-electron chi connectivity index (χ0n) is 17.0. The van der Waals surface area contributed by atoms with E-state index >= 15 is 0 Å². The zero-order chi connectivity index (χ0) is 19.9. The molecule has 6 nitrogen and oxygen atoms in total. The number of guanidine groups is 1. The van der Waals surface area contributed by atoms with Crippen LogP contribution in [0.1, 0.15) is 41.4 Å². The summed E-state index contributed by atoms with van der Waals surface area (Å²) < 4.78 is 5.23. The summed E-state index contributed by atoms with van der Waals surface area (Å²) >= 11 is 0. The monoisotopic (exact) mass is 382 g/mol. The summed E-state index contributed by atoms with van der Waals surface area (Å²) in [6.07, 6.45) is 1.54. The van der Waals surface area contributed by atoms with Crippen molar-refractivity contribution in [2.24, 2.45) is 4.99 Å². The smallest absolute Gasteiger partial charge is 0.289 e. The first-order valence-corrected chi connectivity index (χ1v) is 10.0. The van der Waals surface area contributed by atoms with E-state index in [0.29, 0.717) is 24.8 Å². The molecule has 1 aliphatic rings. The average molecular weight is 383 g/mol. The lowest BCUT2D eigenvalue weighted by molar-refractivity contribution is 0.0657. The van der Waals surface area contributed by atoms with Crippen LogP contribution in [0.3, 0.4) is 0 Å². The van der Waals surface area contributed by atoms with E-state index in [9.17, 15) is 4.79 Å². The molecule has 1 amide bonds. The van der Waals surface area contributed by atoms with Crippen LogP contribution in [-0.4, -0.2) is 60.9 Å². The first kappa shape index (κ1) is 20.0. The number of benzene rings is 1. The van der Waals surface area contributed by atoms with Crippen molar-refractivity contribution in [1.29, 1.82) is 0 Å². The molecule has 0 saturated carbocycles. The maximum absolute atomic E-state index is 12.4. The van der Waals surface area contributed by atoms with Crippen molar-refractivity contribution in [2.45, 2.75) is 26.7 Å². The predicted molar refractivity (Wildman–Crippen MR) is 112 cm³/mol. The van der Waals surface area contributed by atoms with Gasteiger partial charge in [-0.05, 0) is 31.5 Å². The Morgan fingerprint density at radius 1 is 1.14 bits per heavy atom. The number of piperazine rings is 1. The number of hydrogen-bond acceptors (Lipinski definition) is 3. The van der Waals surface area contributed by atoms with Gasteiger partial charge in [-0.1, -0.05) is 36.8 Å². The van der Waals surface area contributed by atoms with Crippen LogP contribution in [0.5, 0.6) is 0 Å². The van der Waals surface area contributed by atoms with Crippen molar-refractivity contribution >= 4 is 11.9 Å². The number of nitrogens with one attached hydrogen (secondary N) is 1. The second kappa shape index (κ2) is 9.44. The van der Waals surface area contributed by atoms with Gasteiger partial charge in [-0.25, -0.2) is 0 Å². The SMILES string of the molecule is CCNC(=NCC(C)c1ccc(C)cc1)N1CCN(C(=O)c2ccco2)CC1. The Hall–Kier alpha value is -2.76. The van der Waals surface area contributed by atoms with Gasteiger partial charge in [-0.15, -0.1) is 0 Å². The van der Waals surface area contributed by atoms with E-state index in [4.69, 9.17) is 9.41 Å². The molecule has 3 rings (SSSR count). The van der Waals surface area contributed by atoms with Gasteiger partial charge >= 0.3 is 0 Å². The Balaban J connectivity index is 1.58. The highest BCUT2D eigenvalue weighted by molar-refractivity contribution is 5.91. The average Bonchev–Trinajstić information content (AvgIpc) is 3.26. The molecule has 0 aliphatic carbocycles. The quantitative estimate of drug-likeness (QED) is 0.638. The molecule has 1 atom stereocenters. The number of carbonyl (C=O) groups excluding carboxylic acids is 1. The minimum Gasteiger partial charge on any atom is -0.459 e. The number of amides is 1. The second-order valence-corrected chi connectivity index (χ2v) is 7.26. The first-order chi connectivity index (χ1) is 13.6. The zero-order valence-corrected chi connectivity index (χ0v) is 17.0. The lowest BCUT2D eigenvalue weighted by atomic mass is 10.0. The summed E-state index contributed by atoms with van der Waals surface area (Å²) in [5.41, 5.74) is 2.58. The van der Waals surface area contributed by atoms with Gasteiger partial charge in [0.1, 0.15) is 0 Å². The second-order valence-electron chi connectivity index (χ2n) is 7.26. The van der Waals surface area contributed by atoms with E-state index in [1.807, 2.05) is 4.90 Å². The summed E-state index contributed by atoms with van der Waals surface area (Å²) in [4.78, 5) is 21.4. The first-order valence-electron chi connectivity index (χ1n) is 10.0. The molecule has 0 radical (unpaired) electrons. The van der Waals surface area contributed by atoms with Gasteiger partial charge in [-0.2, -0.15) is 0 Å². The van der Waals surface area contributed by atoms with Crippen molar-refractivity contribution in [2.75, 3.05) is 39.3 Å². The molecular formula is C22H30N4O2. The molecule has 150 valence electrons. The van der Waals surface area contributed by atoms with Crippen molar-refractivity contribution in [1.82, 2.24) is 15.1 Å². The van der Waals surface area contributed by atoms with Crippen molar-refractivity contribution in [3.05, 3.63) is 59.5 Å². The molecule has 1 unspecified atom stereocenters. The summed E-state index contributed by atoms with van der Waals surface area (Å²) in [6.45, 7) is 10.8. The van der Waals surface area contributed by atoms with Crippen LogP contribution in [0.15, 0.2) is 52.1 Å². The third-order valence-corrected chi connectivity index (χ3v) is 5.09. The van der Waals surface area contributed by atoms with Gasteiger partial charge < -0.3 is 19.5 Å². The molecule has 2 heterocycles.